The van der Waals surface area contributed by atoms with Gasteiger partial charge in [-0.05, 0) is 79.9 Å². The van der Waals surface area contributed by atoms with Gasteiger partial charge in [-0.25, -0.2) is 0 Å². The van der Waals surface area contributed by atoms with Crippen LogP contribution in [-0.2, 0) is 10.8 Å². The normalized spacial score (nSPS) is 24.0. The summed E-state index contributed by atoms with van der Waals surface area (Å²) < 4.78 is 0. The molecular formula is C37H50. The molecular weight excluding hydrogens is 444 g/mol. The SMILES string of the molecule is CC1CC(C(C)C)(C2c3cc(C(C)(C)C)ccc3-c3ccc(C(C)(C)C)cc32)C2=C1CC(C(C)(C)C)=C2. The first-order valence-electron chi connectivity index (χ1n) is 14.7. The molecule has 0 amide bonds. The number of hydrogen-bond donors (Lipinski definition) is 0. The minimum absolute atomic E-state index is 0.120. The number of hydrogen-bond acceptors (Lipinski definition) is 0. The van der Waals surface area contributed by atoms with Gasteiger partial charge in [0.05, 0.1) is 0 Å². The zero-order valence-electron chi connectivity index (χ0n) is 25.7. The summed E-state index contributed by atoms with van der Waals surface area (Å²) in [6.07, 6.45) is 5.09. The van der Waals surface area contributed by atoms with Crippen molar-refractivity contribution in [3.63, 3.8) is 0 Å². The average molecular weight is 495 g/mol. The van der Waals surface area contributed by atoms with Crippen LogP contribution >= 0.6 is 0 Å². The van der Waals surface area contributed by atoms with E-state index in [1.807, 2.05) is 0 Å². The van der Waals surface area contributed by atoms with Crippen LogP contribution in [-0.4, -0.2) is 0 Å². The molecule has 0 aliphatic heterocycles. The van der Waals surface area contributed by atoms with Gasteiger partial charge < -0.3 is 0 Å². The first kappa shape index (κ1) is 26.5. The van der Waals surface area contributed by atoms with E-state index in [2.05, 4.69) is 126 Å². The predicted molar refractivity (Wildman–Crippen MR) is 161 cm³/mol. The molecule has 2 aromatic carbocycles. The lowest BCUT2D eigenvalue weighted by Gasteiger charge is -2.43. The van der Waals surface area contributed by atoms with E-state index in [0.29, 0.717) is 17.8 Å². The summed E-state index contributed by atoms with van der Waals surface area (Å²) in [5.74, 6) is 1.59. The number of allylic oxidation sites excluding steroid dienone is 4. The Morgan fingerprint density at radius 3 is 1.62 bits per heavy atom. The van der Waals surface area contributed by atoms with Crippen LogP contribution in [0.15, 0.2) is 59.2 Å². The van der Waals surface area contributed by atoms with Crippen LogP contribution in [0.1, 0.15) is 124 Å². The van der Waals surface area contributed by atoms with E-state index in [1.54, 1.807) is 27.8 Å². The van der Waals surface area contributed by atoms with Crippen molar-refractivity contribution < 1.29 is 0 Å². The van der Waals surface area contributed by atoms with E-state index in [4.69, 9.17) is 0 Å². The largest absolute Gasteiger partial charge is 0.0619 e. The van der Waals surface area contributed by atoms with E-state index in [-0.39, 0.29) is 21.7 Å². The van der Waals surface area contributed by atoms with E-state index in [9.17, 15) is 0 Å². The molecule has 0 fully saturated rings. The first-order valence-corrected chi connectivity index (χ1v) is 14.7. The van der Waals surface area contributed by atoms with Crippen molar-refractivity contribution in [1.29, 1.82) is 0 Å². The van der Waals surface area contributed by atoms with Gasteiger partial charge in [-0.15, -0.1) is 0 Å². The molecule has 5 rings (SSSR count). The van der Waals surface area contributed by atoms with Crippen molar-refractivity contribution in [2.24, 2.45) is 22.7 Å². The molecule has 37 heavy (non-hydrogen) atoms. The molecule has 0 heteroatoms. The third kappa shape index (κ3) is 4.00. The molecule has 0 heterocycles. The van der Waals surface area contributed by atoms with E-state index in [0.717, 1.165) is 0 Å². The summed E-state index contributed by atoms with van der Waals surface area (Å²) >= 11 is 0. The second-order valence-corrected chi connectivity index (χ2v) is 15.9. The molecule has 0 N–H and O–H groups in total. The smallest absolute Gasteiger partial charge is 0.0201 e. The van der Waals surface area contributed by atoms with Gasteiger partial charge in [0.15, 0.2) is 0 Å². The molecule has 2 aromatic rings. The van der Waals surface area contributed by atoms with Gasteiger partial charge in [-0.3, -0.25) is 0 Å². The molecule has 0 bridgehead atoms. The maximum Gasteiger partial charge on any atom is 0.0201 e. The molecule has 2 unspecified atom stereocenters. The highest BCUT2D eigenvalue weighted by molar-refractivity contribution is 5.81. The van der Waals surface area contributed by atoms with Gasteiger partial charge in [-0.2, -0.15) is 0 Å². The molecule has 0 saturated carbocycles. The summed E-state index contributed by atoms with van der Waals surface area (Å²) in [4.78, 5) is 0. The van der Waals surface area contributed by atoms with Crippen LogP contribution in [0.2, 0.25) is 0 Å². The molecule has 0 nitrogen and oxygen atoms in total. The topological polar surface area (TPSA) is 0 Å². The zero-order valence-corrected chi connectivity index (χ0v) is 25.7. The van der Waals surface area contributed by atoms with Gasteiger partial charge in [0.1, 0.15) is 0 Å². The number of rotatable bonds is 2. The minimum atomic E-state index is 0.120. The number of benzene rings is 2. The molecule has 3 aliphatic carbocycles. The lowest BCUT2D eigenvalue weighted by atomic mass is 9.59. The lowest BCUT2D eigenvalue weighted by molar-refractivity contribution is 0.201. The van der Waals surface area contributed by atoms with Crippen molar-refractivity contribution in [2.75, 3.05) is 0 Å². The van der Waals surface area contributed by atoms with Crippen molar-refractivity contribution in [3.8, 4) is 11.1 Å². The fourth-order valence-electron chi connectivity index (χ4n) is 7.62. The molecule has 2 atom stereocenters. The van der Waals surface area contributed by atoms with Crippen LogP contribution in [0.4, 0.5) is 0 Å². The Kier molecular flexibility index (Phi) is 5.88. The molecule has 0 aromatic heterocycles. The Hall–Kier alpha value is -2.08. The summed E-state index contributed by atoms with van der Waals surface area (Å²) in [6, 6.07) is 14.8. The van der Waals surface area contributed by atoms with Gasteiger partial charge in [0.25, 0.3) is 0 Å². The third-order valence-electron chi connectivity index (χ3n) is 10.0. The van der Waals surface area contributed by atoms with Crippen LogP contribution in [0.25, 0.3) is 11.1 Å². The Morgan fingerprint density at radius 1 is 0.730 bits per heavy atom. The standard InChI is InChI=1S/C37H50/c1-22(2)37(21-23(3)29-19-26(20-32(29)37)36(10,11)12)33-30-17-24(34(4,5)6)13-15-27(30)28-16-14-25(18-31(28)33)35(7,8)9/h13-18,20,22-23,33H,19,21H2,1-12H3. The predicted octanol–water partition coefficient (Wildman–Crippen LogP) is 10.7. The summed E-state index contributed by atoms with van der Waals surface area (Å²) in [7, 11) is 0. The highest BCUT2D eigenvalue weighted by Gasteiger charge is 2.55. The highest BCUT2D eigenvalue weighted by atomic mass is 14.6. The molecule has 0 radical (unpaired) electrons. The molecule has 0 spiro atoms. The Balaban J connectivity index is 1.82. The van der Waals surface area contributed by atoms with Crippen molar-refractivity contribution in [1.82, 2.24) is 0 Å². The van der Waals surface area contributed by atoms with E-state index >= 15 is 0 Å². The van der Waals surface area contributed by atoms with Crippen LogP contribution in [0, 0.1) is 22.7 Å². The van der Waals surface area contributed by atoms with Crippen LogP contribution in [0.5, 0.6) is 0 Å². The van der Waals surface area contributed by atoms with E-state index < -0.39 is 0 Å². The lowest BCUT2D eigenvalue weighted by Crippen LogP contribution is -2.35. The summed E-state index contributed by atoms with van der Waals surface area (Å²) in [6.45, 7) is 28.8. The second-order valence-electron chi connectivity index (χ2n) is 15.9. The Bertz CT molecular complexity index is 1240. The fourth-order valence-corrected chi connectivity index (χ4v) is 7.62. The maximum absolute atomic E-state index is 2.66. The molecule has 0 saturated heterocycles. The second kappa shape index (κ2) is 8.21. The van der Waals surface area contributed by atoms with Crippen molar-refractivity contribution >= 4 is 0 Å². The van der Waals surface area contributed by atoms with Crippen molar-refractivity contribution in [3.05, 3.63) is 81.4 Å². The fraction of sp³-hybridized carbons (Fsp3) is 0.568. The summed E-state index contributed by atoms with van der Waals surface area (Å²) in [5.41, 5.74) is 14.6. The maximum atomic E-state index is 2.66. The Labute approximate surface area is 227 Å². The minimum Gasteiger partial charge on any atom is -0.0619 e. The van der Waals surface area contributed by atoms with Gasteiger partial charge >= 0.3 is 0 Å². The van der Waals surface area contributed by atoms with Crippen LogP contribution < -0.4 is 0 Å². The van der Waals surface area contributed by atoms with E-state index in [1.165, 1.54) is 35.1 Å². The molecule has 198 valence electrons. The number of fused-ring (bicyclic) bond motifs is 3. The summed E-state index contributed by atoms with van der Waals surface area (Å²) in [5, 5.41) is 0. The zero-order chi connectivity index (χ0) is 27.3. The van der Waals surface area contributed by atoms with Crippen LogP contribution in [0.3, 0.4) is 0 Å². The quantitative estimate of drug-likeness (QED) is 0.389. The first-order chi connectivity index (χ1) is 17.0. The monoisotopic (exact) mass is 494 g/mol. The van der Waals surface area contributed by atoms with Gasteiger partial charge in [0.2, 0.25) is 0 Å². The molecule has 3 aliphatic rings. The third-order valence-corrected chi connectivity index (χ3v) is 10.0. The van der Waals surface area contributed by atoms with Gasteiger partial charge in [0, 0.05) is 11.3 Å². The Morgan fingerprint density at radius 2 is 1.22 bits per heavy atom. The van der Waals surface area contributed by atoms with Gasteiger partial charge in [-0.1, -0.05) is 137 Å². The van der Waals surface area contributed by atoms with Crippen molar-refractivity contribution in [2.45, 2.75) is 113 Å². The highest BCUT2D eigenvalue weighted by Crippen LogP contribution is 2.67. The average Bonchev–Trinajstić information content (AvgIpc) is 3.42.